The minimum atomic E-state index is 0.616. The Hall–Kier alpha value is -0.680. The molecule has 1 aliphatic heterocycles. The van der Waals surface area contributed by atoms with Crippen LogP contribution >= 0.6 is 11.5 Å². The van der Waals surface area contributed by atoms with Gasteiger partial charge in [-0.15, -0.1) is 0 Å². The van der Waals surface area contributed by atoms with Gasteiger partial charge < -0.3 is 10.2 Å². The normalized spacial score (nSPS) is 24.9. The summed E-state index contributed by atoms with van der Waals surface area (Å²) in [6, 6.07) is 0.616. The molecule has 1 aromatic heterocycles. The first-order chi connectivity index (χ1) is 7.88. The van der Waals surface area contributed by atoms with Crippen LogP contribution < -0.4 is 10.2 Å². The van der Waals surface area contributed by atoms with E-state index in [-0.39, 0.29) is 0 Å². The van der Waals surface area contributed by atoms with Gasteiger partial charge in [-0.3, -0.25) is 0 Å². The third-order valence-electron chi connectivity index (χ3n) is 3.43. The molecule has 1 atom stereocenters. The summed E-state index contributed by atoms with van der Waals surface area (Å²) in [5, 5.41) is 4.54. The highest BCUT2D eigenvalue weighted by Gasteiger charge is 2.30. The summed E-state index contributed by atoms with van der Waals surface area (Å²) in [6.45, 7) is 5.46. The molecule has 2 aliphatic rings. The number of nitrogens with zero attached hydrogens (tertiary/aromatic N) is 3. The third-order valence-corrected chi connectivity index (χ3v) is 4.20. The Bertz CT molecular complexity index is 355. The van der Waals surface area contributed by atoms with E-state index in [9.17, 15) is 0 Å². The topological polar surface area (TPSA) is 41.1 Å². The molecule has 4 nitrogen and oxygen atoms in total. The van der Waals surface area contributed by atoms with E-state index in [0.29, 0.717) is 12.0 Å². The minimum Gasteiger partial charge on any atom is -0.343 e. The molecule has 88 valence electrons. The summed E-state index contributed by atoms with van der Waals surface area (Å²) in [4.78, 5) is 7.10. The first-order valence-corrected chi connectivity index (χ1v) is 6.96. The van der Waals surface area contributed by atoms with Crippen molar-refractivity contribution < 1.29 is 0 Å². The lowest BCUT2D eigenvalue weighted by molar-refractivity contribution is 0.645. The van der Waals surface area contributed by atoms with Gasteiger partial charge >= 0.3 is 0 Å². The number of anilines is 1. The van der Waals surface area contributed by atoms with Gasteiger partial charge in [0.05, 0.1) is 0 Å². The quantitative estimate of drug-likeness (QED) is 0.865. The fraction of sp³-hybridized carbons (Fsp3) is 0.818. The molecule has 1 N–H and O–H groups in total. The molecular formula is C11H18N4S. The number of hydrogen-bond acceptors (Lipinski definition) is 5. The van der Waals surface area contributed by atoms with E-state index >= 15 is 0 Å². The zero-order chi connectivity index (χ0) is 11.0. The molecule has 0 aromatic carbocycles. The maximum Gasteiger partial charge on any atom is 0.205 e. The number of aromatic nitrogens is 2. The highest BCUT2D eigenvalue weighted by Crippen LogP contribution is 2.40. The van der Waals surface area contributed by atoms with E-state index in [1.165, 1.54) is 19.3 Å². The van der Waals surface area contributed by atoms with Crippen LogP contribution in [0.1, 0.15) is 37.9 Å². The molecule has 1 saturated carbocycles. The van der Waals surface area contributed by atoms with Gasteiger partial charge in [-0.25, -0.2) is 4.98 Å². The lowest BCUT2D eigenvalue weighted by Gasteiger charge is -2.25. The van der Waals surface area contributed by atoms with Gasteiger partial charge in [0.15, 0.2) is 0 Å². The zero-order valence-electron chi connectivity index (χ0n) is 9.65. The number of nitrogens with one attached hydrogen (secondary N) is 1. The van der Waals surface area contributed by atoms with Crippen molar-refractivity contribution >= 4 is 16.7 Å². The molecule has 16 heavy (non-hydrogen) atoms. The second-order valence-electron chi connectivity index (χ2n) is 4.64. The minimum absolute atomic E-state index is 0.616. The van der Waals surface area contributed by atoms with Crippen molar-refractivity contribution in [1.29, 1.82) is 0 Å². The lowest BCUT2D eigenvalue weighted by atomic mass is 10.2. The zero-order valence-corrected chi connectivity index (χ0v) is 10.5. The van der Waals surface area contributed by atoms with Crippen LogP contribution in [0.5, 0.6) is 0 Å². The molecule has 3 rings (SSSR count). The van der Waals surface area contributed by atoms with Crippen molar-refractivity contribution in [2.75, 3.05) is 24.5 Å². The Morgan fingerprint density at radius 2 is 2.31 bits per heavy atom. The Morgan fingerprint density at radius 3 is 2.94 bits per heavy atom. The first-order valence-electron chi connectivity index (χ1n) is 6.19. The van der Waals surface area contributed by atoms with Gasteiger partial charge in [0.25, 0.3) is 0 Å². The second kappa shape index (κ2) is 4.30. The smallest absolute Gasteiger partial charge is 0.205 e. The summed E-state index contributed by atoms with van der Waals surface area (Å²) in [5.41, 5.74) is 0. The molecule has 1 saturated heterocycles. The van der Waals surface area contributed by atoms with Crippen LogP contribution in [0.25, 0.3) is 0 Å². The largest absolute Gasteiger partial charge is 0.343 e. The molecule has 0 spiro atoms. The molecule has 5 heteroatoms. The maximum atomic E-state index is 4.69. The van der Waals surface area contributed by atoms with E-state index < -0.39 is 0 Å². The predicted octanol–water partition coefficient (Wildman–Crippen LogP) is 1.60. The van der Waals surface area contributed by atoms with Gasteiger partial charge in [-0.05, 0) is 32.7 Å². The highest BCUT2D eigenvalue weighted by atomic mass is 32.1. The molecule has 0 amide bonds. The summed E-state index contributed by atoms with van der Waals surface area (Å²) in [7, 11) is 0. The van der Waals surface area contributed by atoms with Gasteiger partial charge in [0.1, 0.15) is 5.82 Å². The highest BCUT2D eigenvalue weighted by molar-refractivity contribution is 7.09. The van der Waals surface area contributed by atoms with Gasteiger partial charge in [-0.2, -0.15) is 4.37 Å². The van der Waals surface area contributed by atoms with E-state index in [4.69, 9.17) is 4.98 Å². The predicted molar refractivity (Wildman–Crippen MR) is 66.2 cm³/mol. The van der Waals surface area contributed by atoms with Crippen molar-refractivity contribution in [2.24, 2.45) is 0 Å². The maximum absolute atomic E-state index is 4.69. The molecule has 0 bridgehead atoms. The number of likely N-dealkylation sites (N-methyl/N-ethyl adjacent to an activating group) is 1. The van der Waals surface area contributed by atoms with Crippen molar-refractivity contribution in [3.63, 3.8) is 0 Å². The first kappa shape index (κ1) is 10.5. The standard InChI is InChI=1S/C11H18N4S/c1-2-15(9-5-6-12-7-9)11-13-10(14-16-11)8-3-4-8/h8-9,12H,2-7H2,1H3. The molecular weight excluding hydrogens is 220 g/mol. The van der Waals surface area contributed by atoms with Crippen molar-refractivity contribution in [3.05, 3.63) is 5.82 Å². The Labute approximate surface area is 100 Å². The van der Waals surface area contributed by atoms with Gasteiger partial charge in [-0.1, -0.05) is 0 Å². The summed E-state index contributed by atoms with van der Waals surface area (Å²) in [6.07, 6.45) is 3.80. The van der Waals surface area contributed by atoms with E-state index in [1.54, 1.807) is 11.5 Å². The number of hydrogen-bond donors (Lipinski definition) is 1. The molecule has 2 fully saturated rings. The van der Waals surface area contributed by atoms with Crippen LogP contribution in [-0.2, 0) is 0 Å². The average Bonchev–Trinajstić information content (AvgIpc) is 2.82. The van der Waals surface area contributed by atoms with Crippen LogP contribution in [0.15, 0.2) is 0 Å². The van der Waals surface area contributed by atoms with Crippen LogP contribution in [0.3, 0.4) is 0 Å². The van der Waals surface area contributed by atoms with E-state index in [0.717, 1.165) is 30.6 Å². The summed E-state index contributed by atoms with van der Waals surface area (Å²) < 4.78 is 4.49. The van der Waals surface area contributed by atoms with E-state index in [2.05, 4.69) is 21.5 Å². The van der Waals surface area contributed by atoms with Crippen molar-refractivity contribution in [3.8, 4) is 0 Å². The molecule has 1 aliphatic carbocycles. The van der Waals surface area contributed by atoms with Gasteiger partial charge in [0.2, 0.25) is 5.13 Å². The molecule has 0 radical (unpaired) electrons. The SMILES string of the molecule is CCN(c1nc(C2CC2)ns1)C1CCNC1. The van der Waals surface area contributed by atoms with Crippen LogP contribution in [0, 0.1) is 0 Å². The van der Waals surface area contributed by atoms with Gasteiger partial charge in [0, 0.05) is 36.6 Å². The van der Waals surface area contributed by atoms with Crippen molar-refractivity contribution in [2.45, 2.75) is 38.1 Å². The Morgan fingerprint density at radius 1 is 1.44 bits per heavy atom. The average molecular weight is 238 g/mol. The monoisotopic (exact) mass is 238 g/mol. The van der Waals surface area contributed by atoms with Crippen molar-refractivity contribution in [1.82, 2.24) is 14.7 Å². The van der Waals surface area contributed by atoms with Crippen LogP contribution in [0.2, 0.25) is 0 Å². The van der Waals surface area contributed by atoms with E-state index in [1.807, 2.05) is 0 Å². The van der Waals surface area contributed by atoms with Crippen LogP contribution in [0.4, 0.5) is 5.13 Å². The number of rotatable bonds is 4. The lowest BCUT2D eigenvalue weighted by Crippen LogP contribution is -2.36. The molecule has 1 unspecified atom stereocenters. The summed E-state index contributed by atoms with van der Waals surface area (Å²) >= 11 is 1.57. The Kier molecular flexibility index (Phi) is 2.81. The fourth-order valence-electron chi connectivity index (χ4n) is 2.31. The Balaban J connectivity index is 1.76. The van der Waals surface area contributed by atoms with Crippen LogP contribution in [-0.4, -0.2) is 35.0 Å². The fourth-order valence-corrected chi connectivity index (χ4v) is 3.19. The second-order valence-corrected chi connectivity index (χ2v) is 5.37. The molecule has 1 aromatic rings. The third kappa shape index (κ3) is 1.94. The summed E-state index contributed by atoms with van der Waals surface area (Å²) in [5.74, 6) is 1.76. The molecule has 2 heterocycles.